The zero-order chi connectivity index (χ0) is 19.3. The first kappa shape index (κ1) is 18.5. The largest absolute Gasteiger partial charge is 0.323 e. The molecule has 0 heterocycles. The number of benzene rings is 3. The predicted molar refractivity (Wildman–Crippen MR) is 108 cm³/mol. The molecule has 0 aliphatic heterocycles. The summed E-state index contributed by atoms with van der Waals surface area (Å²) in [5.74, 6) is 0. The van der Waals surface area contributed by atoms with Gasteiger partial charge in [0.05, 0.1) is 10.6 Å². The van der Waals surface area contributed by atoms with Crippen molar-refractivity contribution in [3.63, 3.8) is 0 Å². The summed E-state index contributed by atoms with van der Waals surface area (Å²) in [4.78, 5) is 12.1. The van der Waals surface area contributed by atoms with Gasteiger partial charge < -0.3 is 10.6 Å². The molecule has 0 radical (unpaired) electrons. The smallest absolute Gasteiger partial charge is 0.308 e. The Kier molecular flexibility index (Phi) is 5.42. The van der Waals surface area contributed by atoms with E-state index in [2.05, 4.69) is 10.6 Å². The average Bonchev–Trinajstić information content (AvgIpc) is 2.69. The van der Waals surface area contributed by atoms with E-state index in [1.54, 1.807) is 48.5 Å². The van der Waals surface area contributed by atoms with E-state index in [-0.39, 0.29) is 4.90 Å². The minimum Gasteiger partial charge on any atom is -0.308 e. The lowest BCUT2D eigenvalue weighted by Gasteiger charge is -2.19. The van der Waals surface area contributed by atoms with Crippen LogP contribution >= 0.6 is 0 Å². The summed E-state index contributed by atoms with van der Waals surface area (Å²) in [6, 6.07) is 23.5. The SMILES string of the molecule is CN(c1ccccc1)S(=O)(=O)c1ccc(NC(=O)Nc2ccccc2)cc1. The van der Waals surface area contributed by atoms with Crippen molar-refractivity contribution >= 4 is 33.1 Å². The van der Waals surface area contributed by atoms with Crippen molar-refractivity contribution in [2.24, 2.45) is 0 Å². The molecular weight excluding hydrogens is 362 g/mol. The van der Waals surface area contributed by atoms with E-state index < -0.39 is 16.1 Å². The highest BCUT2D eigenvalue weighted by Crippen LogP contribution is 2.22. The Hall–Kier alpha value is -3.32. The summed E-state index contributed by atoms with van der Waals surface area (Å²) in [5.41, 5.74) is 1.73. The molecule has 27 heavy (non-hydrogen) atoms. The van der Waals surface area contributed by atoms with E-state index in [1.807, 2.05) is 24.3 Å². The van der Waals surface area contributed by atoms with Crippen molar-refractivity contribution in [3.8, 4) is 0 Å². The van der Waals surface area contributed by atoms with Crippen LogP contribution in [0.2, 0.25) is 0 Å². The fourth-order valence-corrected chi connectivity index (χ4v) is 3.66. The normalized spacial score (nSPS) is 10.9. The van der Waals surface area contributed by atoms with E-state index in [0.29, 0.717) is 17.1 Å². The molecule has 3 aromatic carbocycles. The first-order chi connectivity index (χ1) is 13.0. The molecule has 2 amide bonds. The number of rotatable bonds is 5. The van der Waals surface area contributed by atoms with Crippen LogP contribution in [-0.2, 0) is 10.0 Å². The zero-order valence-electron chi connectivity index (χ0n) is 14.7. The summed E-state index contributed by atoms with van der Waals surface area (Å²) in [6.07, 6.45) is 0. The van der Waals surface area contributed by atoms with Gasteiger partial charge in [0.2, 0.25) is 0 Å². The van der Waals surface area contributed by atoms with Gasteiger partial charge in [-0.3, -0.25) is 4.31 Å². The fraction of sp³-hybridized carbons (Fsp3) is 0.0500. The summed E-state index contributed by atoms with van der Waals surface area (Å²) in [5, 5.41) is 5.37. The number of nitrogens with one attached hydrogen (secondary N) is 2. The molecule has 7 heteroatoms. The molecule has 6 nitrogen and oxygen atoms in total. The third-order valence-corrected chi connectivity index (χ3v) is 5.72. The molecule has 0 atom stereocenters. The van der Waals surface area contributed by atoms with Crippen molar-refractivity contribution in [3.05, 3.63) is 84.9 Å². The Bertz CT molecular complexity index is 1010. The average molecular weight is 381 g/mol. The van der Waals surface area contributed by atoms with E-state index in [1.165, 1.54) is 23.5 Å². The van der Waals surface area contributed by atoms with Crippen LogP contribution in [0.15, 0.2) is 89.8 Å². The third kappa shape index (κ3) is 4.45. The van der Waals surface area contributed by atoms with Crippen LogP contribution in [0.25, 0.3) is 0 Å². The number of amides is 2. The molecule has 0 aliphatic rings. The quantitative estimate of drug-likeness (QED) is 0.697. The topological polar surface area (TPSA) is 78.5 Å². The number of carbonyl (C=O) groups is 1. The molecular formula is C20H19N3O3S. The van der Waals surface area contributed by atoms with Crippen molar-refractivity contribution in [2.45, 2.75) is 4.90 Å². The molecule has 0 aliphatic carbocycles. The maximum Gasteiger partial charge on any atom is 0.323 e. The Labute approximate surface area is 158 Å². The van der Waals surface area contributed by atoms with Crippen LogP contribution in [0.4, 0.5) is 21.9 Å². The van der Waals surface area contributed by atoms with Gasteiger partial charge in [-0.1, -0.05) is 36.4 Å². The zero-order valence-corrected chi connectivity index (χ0v) is 15.5. The first-order valence-electron chi connectivity index (χ1n) is 8.24. The van der Waals surface area contributed by atoms with Crippen LogP contribution < -0.4 is 14.9 Å². The standard InChI is InChI=1S/C20H19N3O3S/c1-23(18-10-6-3-7-11-18)27(25,26)19-14-12-17(13-15-19)22-20(24)21-16-8-4-2-5-9-16/h2-15H,1H3,(H2,21,22,24). The molecule has 0 unspecified atom stereocenters. The molecule has 0 spiro atoms. The number of para-hydroxylation sites is 2. The lowest BCUT2D eigenvalue weighted by Crippen LogP contribution is -2.26. The molecule has 2 N–H and O–H groups in total. The second kappa shape index (κ2) is 7.92. The monoisotopic (exact) mass is 381 g/mol. The van der Waals surface area contributed by atoms with Gasteiger partial charge in [0, 0.05) is 18.4 Å². The first-order valence-corrected chi connectivity index (χ1v) is 9.68. The number of hydrogen-bond acceptors (Lipinski definition) is 3. The highest BCUT2D eigenvalue weighted by molar-refractivity contribution is 7.92. The van der Waals surface area contributed by atoms with Gasteiger partial charge in [-0.2, -0.15) is 0 Å². The summed E-state index contributed by atoms with van der Waals surface area (Å²) in [6.45, 7) is 0. The van der Waals surface area contributed by atoms with E-state index in [9.17, 15) is 13.2 Å². The lowest BCUT2D eigenvalue weighted by atomic mass is 10.3. The van der Waals surface area contributed by atoms with Gasteiger partial charge in [0.25, 0.3) is 10.0 Å². The Morgan fingerprint density at radius 2 is 1.22 bits per heavy atom. The molecule has 0 bridgehead atoms. The molecule has 0 saturated heterocycles. The molecule has 138 valence electrons. The van der Waals surface area contributed by atoms with Crippen molar-refractivity contribution in [1.82, 2.24) is 0 Å². The van der Waals surface area contributed by atoms with Gasteiger partial charge in [-0.05, 0) is 48.5 Å². The predicted octanol–water partition coefficient (Wildman–Crippen LogP) is 4.16. The third-order valence-electron chi connectivity index (χ3n) is 3.92. The Balaban J connectivity index is 1.70. The van der Waals surface area contributed by atoms with Gasteiger partial charge in [0.15, 0.2) is 0 Å². The van der Waals surface area contributed by atoms with Gasteiger partial charge in [-0.15, -0.1) is 0 Å². The van der Waals surface area contributed by atoms with Crippen LogP contribution in [0.3, 0.4) is 0 Å². The van der Waals surface area contributed by atoms with Gasteiger partial charge in [0.1, 0.15) is 0 Å². The van der Waals surface area contributed by atoms with Gasteiger partial charge in [-0.25, -0.2) is 13.2 Å². The maximum absolute atomic E-state index is 12.7. The van der Waals surface area contributed by atoms with E-state index in [0.717, 1.165) is 0 Å². The van der Waals surface area contributed by atoms with E-state index >= 15 is 0 Å². The fourth-order valence-electron chi connectivity index (χ4n) is 2.46. The van der Waals surface area contributed by atoms with Crippen LogP contribution in [0, 0.1) is 0 Å². The number of nitrogens with zero attached hydrogens (tertiary/aromatic N) is 1. The number of hydrogen-bond donors (Lipinski definition) is 2. The number of carbonyl (C=O) groups excluding carboxylic acids is 1. The summed E-state index contributed by atoms with van der Waals surface area (Å²) >= 11 is 0. The Morgan fingerprint density at radius 3 is 1.78 bits per heavy atom. The lowest BCUT2D eigenvalue weighted by molar-refractivity contribution is 0.262. The second-order valence-electron chi connectivity index (χ2n) is 5.78. The maximum atomic E-state index is 12.7. The minimum absolute atomic E-state index is 0.142. The summed E-state index contributed by atoms with van der Waals surface area (Å²) in [7, 11) is -2.18. The Morgan fingerprint density at radius 1 is 0.741 bits per heavy atom. The van der Waals surface area contributed by atoms with Gasteiger partial charge >= 0.3 is 6.03 Å². The molecule has 0 aromatic heterocycles. The van der Waals surface area contributed by atoms with Crippen molar-refractivity contribution < 1.29 is 13.2 Å². The highest BCUT2D eigenvalue weighted by Gasteiger charge is 2.21. The molecule has 0 saturated carbocycles. The van der Waals surface area contributed by atoms with E-state index in [4.69, 9.17) is 0 Å². The van der Waals surface area contributed by atoms with Crippen molar-refractivity contribution in [2.75, 3.05) is 22.0 Å². The molecule has 0 fully saturated rings. The molecule has 3 rings (SSSR count). The summed E-state index contributed by atoms with van der Waals surface area (Å²) < 4.78 is 26.7. The van der Waals surface area contributed by atoms with Crippen LogP contribution in [0.1, 0.15) is 0 Å². The molecule has 3 aromatic rings. The van der Waals surface area contributed by atoms with Crippen LogP contribution in [0.5, 0.6) is 0 Å². The number of urea groups is 1. The number of anilines is 3. The highest BCUT2D eigenvalue weighted by atomic mass is 32.2. The van der Waals surface area contributed by atoms with Crippen LogP contribution in [-0.4, -0.2) is 21.5 Å². The van der Waals surface area contributed by atoms with Crippen molar-refractivity contribution in [1.29, 1.82) is 0 Å². The second-order valence-corrected chi connectivity index (χ2v) is 7.75. The minimum atomic E-state index is -3.68. The number of sulfonamides is 1.